The third-order valence-corrected chi connectivity index (χ3v) is 3.39. The molecular weight excluding hydrogens is 260 g/mol. The summed E-state index contributed by atoms with van der Waals surface area (Å²) in [5.74, 6) is 0. The van der Waals surface area contributed by atoms with Crippen LogP contribution >= 0.6 is 11.6 Å². The highest BCUT2D eigenvalue weighted by atomic mass is 35.5. The van der Waals surface area contributed by atoms with Crippen molar-refractivity contribution in [1.29, 1.82) is 0 Å². The van der Waals surface area contributed by atoms with E-state index in [-0.39, 0.29) is 0 Å². The summed E-state index contributed by atoms with van der Waals surface area (Å²) in [5, 5.41) is 15.1. The summed E-state index contributed by atoms with van der Waals surface area (Å²) in [4.78, 5) is 0. The van der Waals surface area contributed by atoms with Crippen LogP contribution in [0.4, 0.5) is 0 Å². The van der Waals surface area contributed by atoms with E-state index in [0.29, 0.717) is 17.1 Å². The molecule has 1 heterocycles. The predicted octanol–water partition coefficient (Wildman–Crippen LogP) is 3.53. The van der Waals surface area contributed by atoms with Crippen LogP contribution in [0.15, 0.2) is 30.5 Å². The monoisotopic (exact) mass is 278 g/mol. The highest BCUT2D eigenvalue weighted by molar-refractivity contribution is 6.31. The molecule has 0 aliphatic heterocycles. The molecule has 102 valence electrons. The lowest BCUT2D eigenvalue weighted by Gasteiger charge is -2.14. The third-order valence-electron chi connectivity index (χ3n) is 3.10. The van der Waals surface area contributed by atoms with E-state index >= 15 is 0 Å². The lowest BCUT2D eigenvalue weighted by Crippen LogP contribution is -2.11. The first-order valence-corrected chi connectivity index (χ1v) is 6.94. The molecule has 0 bridgehead atoms. The first kappa shape index (κ1) is 14.1. The van der Waals surface area contributed by atoms with Crippen molar-refractivity contribution in [2.75, 3.05) is 0 Å². The second kappa shape index (κ2) is 6.22. The van der Waals surface area contributed by atoms with Crippen LogP contribution in [0.3, 0.4) is 0 Å². The molecular formula is C15H19ClN2O. The number of hydrogen-bond acceptors (Lipinski definition) is 2. The highest BCUT2D eigenvalue weighted by Gasteiger charge is 2.18. The van der Waals surface area contributed by atoms with Crippen molar-refractivity contribution in [3.05, 3.63) is 52.3 Å². The van der Waals surface area contributed by atoms with Gasteiger partial charge in [0.1, 0.15) is 6.10 Å². The lowest BCUT2D eigenvalue weighted by molar-refractivity contribution is 0.166. The summed E-state index contributed by atoms with van der Waals surface area (Å²) >= 11 is 6.13. The molecule has 1 N–H and O–H groups in total. The molecule has 0 saturated heterocycles. The molecule has 0 aliphatic rings. The van der Waals surface area contributed by atoms with E-state index in [9.17, 15) is 5.11 Å². The van der Waals surface area contributed by atoms with Crippen molar-refractivity contribution in [1.82, 2.24) is 9.78 Å². The Morgan fingerprint density at radius 3 is 2.89 bits per heavy atom. The van der Waals surface area contributed by atoms with Gasteiger partial charge in [-0.1, -0.05) is 48.4 Å². The van der Waals surface area contributed by atoms with E-state index in [1.807, 2.05) is 25.1 Å². The van der Waals surface area contributed by atoms with E-state index in [4.69, 9.17) is 11.6 Å². The van der Waals surface area contributed by atoms with Gasteiger partial charge in [-0.25, -0.2) is 0 Å². The number of aliphatic hydroxyl groups excluding tert-OH is 1. The fourth-order valence-corrected chi connectivity index (χ4v) is 2.52. The van der Waals surface area contributed by atoms with E-state index in [2.05, 4.69) is 18.1 Å². The fraction of sp³-hybridized carbons (Fsp3) is 0.400. The van der Waals surface area contributed by atoms with E-state index in [1.54, 1.807) is 10.9 Å². The number of aryl methyl sites for hydroxylation is 2. The van der Waals surface area contributed by atoms with Crippen LogP contribution in [0.2, 0.25) is 5.02 Å². The Balaban J connectivity index is 2.20. The van der Waals surface area contributed by atoms with Crippen LogP contribution < -0.4 is 0 Å². The van der Waals surface area contributed by atoms with Crippen LogP contribution in [-0.2, 0) is 13.0 Å². The van der Waals surface area contributed by atoms with Gasteiger partial charge in [0.2, 0.25) is 0 Å². The Hall–Kier alpha value is -1.32. The molecule has 2 rings (SSSR count). The average Bonchev–Trinajstić information content (AvgIpc) is 2.71. The molecule has 0 fully saturated rings. The van der Waals surface area contributed by atoms with Crippen molar-refractivity contribution in [3.63, 3.8) is 0 Å². The van der Waals surface area contributed by atoms with Crippen molar-refractivity contribution in [2.45, 2.75) is 39.3 Å². The summed E-state index contributed by atoms with van der Waals surface area (Å²) in [7, 11) is 0. The third kappa shape index (κ3) is 3.37. The smallest absolute Gasteiger partial charge is 0.101 e. The molecule has 2 aromatic rings. The standard InChI is InChI=1S/C15H19ClN2O/c1-3-7-18-15(13(16)10-17-18)14(19)9-12-6-4-5-11(2)8-12/h4-6,8,10,14,19H,3,7,9H2,1-2H3. The maximum atomic E-state index is 10.4. The van der Waals surface area contributed by atoms with Crippen LogP contribution in [0.25, 0.3) is 0 Å². The molecule has 19 heavy (non-hydrogen) atoms. The predicted molar refractivity (Wildman–Crippen MR) is 77.4 cm³/mol. The molecule has 4 heteroatoms. The SMILES string of the molecule is CCCn1ncc(Cl)c1C(O)Cc1cccc(C)c1. The van der Waals surface area contributed by atoms with Gasteiger partial charge in [0.25, 0.3) is 0 Å². The first-order chi connectivity index (χ1) is 9.11. The van der Waals surface area contributed by atoms with E-state index in [0.717, 1.165) is 18.5 Å². The highest BCUT2D eigenvalue weighted by Crippen LogP contribution is 2.26. The van der Waals surface area contributed by atoms with Crippen molar-refractivity contribution in [2.24, 2.45) is 0 Å². The van der Waals surface area contributed by atoms with Gasteiger partial charge in [-0.3, -0.25) is 4.68 Å². The number of nitrogens with zero attached hydrogens (tertiary/aromatic N) is 2. The van der Waals surface area contributed by atoms with Crippen LogP contribution in [0.1, 0.15) is 36.3 Å². The second-order valence-electron chi connectivity index (χ2n) is 4.81. The lowest BCUT2D eigenvalue weighted by atomic mass is 10.0. The molecule has 0 radical (unpaired) electrons. The number of aromatic nitrogens is 2. The number of halogens is 1. The van der Waals surface area contributed by atoms with Gasteiger partial charge < -0.3 is 5.11 Å². The topological polar surface area (TPSA) is 38.0 Å². The fourth-order valence-electron chi connectivity index (χ4n) is 2.25. The Kier molecular flexibility index (Phi) is 4.61. The average molecular weight is 279 g/mol. The minimum Gasteiger partial charge on any atom is -0.386 e. The molecule has 1 aromatic heterocycles. The molecule has 1 unspecified atom stereocenters. The van der Waals surface area contributed by atoms with Crippen molar-refractivity contribution >= 4 is 11.6 Å². The van der Waals surface area contributed by atoms with Gasteiger partial charge in [-0.15, -0.1) is 0 Å². The number of hydrogen-bond donors (Lipinski definition) is 1. The summed E-state index contributed by atoms with van der Waals surface area (Å²) in [6.45, 7) is 4.89. The van der Waals surface area contributed by atoms with E-state index in [1.165, 1.54) is 5.56 Å². The van der Waals surface area contributed by atoms with Gasteiger partial charge in [-0.05, 0) is 18.9 Å². The molecule has 1 aromatic carbocycles. The van der Waals surface area contributed by atoms with Gasteiger partial charge in [0.15, 0.2) is 0 Å². The van der Waals surface area contributed by atoms with Gasteiger partial charge in [-0.2, -0.15) is 5.10 Å². The molecule has 3 nitrogen and oxygen atoms in total. The largest absolute Gasteiger partial charge is 0.386 e. The minimum absolute atomic E-state index is 0.536. The maximum absolute atomic E-state index is 10.4. The minimum atomic E-state index is -0.622. The Labute approximate surface area is 118 Å². The first-order valence-electron chi connectivity index (χ1n) is 6.56. The molecule has 0 amide bonds. The van der Waals surface area contributed by atoms with Crippen molar-refractivity contribution < 1.29 is 5.11 Å². The molecule has 0 spiro atoms. The van der Waals surface area contributed by atoms with Crippen LogP contribution in [0, 0.1) is 6.92 Å². The van der Waals surface area contributed by atoms with E-state index < -0.39 is 6.10 Å². The molecule has 0 saturated carbocycles. The Morgan fingerprint density at radius 1 is 1.42 bits per heavy atom. The van der Waals surface area contributed by atoms with Crippen LogP contribution in [0.5, 0.6) is 0 Å². The Bertz CT molecular complexity index is 551. The summed E-state index contributed by atoms with van der Waals surface area (Å²) < 4.78 is 1.79. The van der Waals surface area contributed by atoms with Crippen LogP contribution in [-0.4, -0.2) is 14.9 Å². The summed E-state index contributed by atoms with van der Waals surface area (Å²) in [5.41, 5.74) is 3.01. The molecule has 0 aliphatic carbocycles. The zero-order chi connectivity index (χ0) is 13.8. The number of rotatable bonds is 5. The molecule has 1 atom stereocenters. The maximum Gasteiger partial charge on any atom is 0.101 e. The van der Waals surface area contributed by atoms with Gasteiger partial charge in [0.05, 0.1) is 16.9 Å². The summed E-state index contributed by atoms with van der Waals surface area (Å²) in [6.07, 6.45) is 2.49. The normalized spacial score (nSPS) is 12.6. The summed E-state index contributed by atoms with van der Waals surface area (Å²) in [6, 6.07) is 8.15. The zero-order valence-electron chi connectivity index (χ0n) is 11.3. The Morgan fingerprint density at radius 2 is 2.21 bits per heavy atom. The van der Waals surface area contributed by atoms with Gasteiger partial charge in [0, 0.05) is 13.0 Å². The van der Waals surface area contributed by atoms with Crippen molar-refractivity contribution in [3.8, 4) is 0 Å². The van der Waals surface area contributed by atoms with Gasteiger partial charge >= 0.3 is 0 Å². The number of aliphatic hydroxyl groups is 1. The second-order valence-corrected chi connectivity index (χ2v) is 5.22. The zero-order valence-corrected chi connectivity index (χ0v) is 12.1. The number of benzene rings is 1. The quantitative estimate of drug-likeness (QED) is 0.909.